The predicted octanol–water partition coefficient (Wildman–Crippen LogP) is 3.31. The summed E-state index contributed by atoms with van der Waals surface area (Å²) in [6.45, 7) is 2.82. The molecular formula is C20H26O5S. The summed E-state index contributed by atoms with van der Waals surface area (Å²) >= 11 is 0. The smallest absolute Gasteiger partial charge is 0.296 e. The van der Waals surface area contributed by atoms with Crippen LogP contribution >= 0.6 is 0 Å². The number of aryl methyl sites for hydroxylation is 1. The maximum atomic E-state index is 12.2. The molecule has 0 saturated heterocycles. The van der Waals surface area contributed by atoms with E-state index >= 15 is 0 Å². The molecular weight excluding hydrogens is 352 g/mol. The summed E-state index contributed by atoms with van der Waals surface area (Å²) in [5.74, 6) is -0.240. The van der Waals surface area contributed by atoms with Crippen molar-refractivity contribution in [2.75, 3.05) is 19.8 Å². The van der Waals surface area contributed by atoms with Crippen molar-refractivity contribution in [3.63, 3.8) is 0 Å². The Morgan fingerprint density at radius 2 is 1.73 bits per heavy atom. The summed E-state index contributed by atoms with van der Waals surface area (Å²) in [5.41, 5.74) is 2.09. The Morgan fingerprint density at radius 1 is 1.04 bits per heavy atom. The number of aliphatic hydroxyl groups is 1. The molecule has 2 aromatic carbocycles. The standard InChI is InChI=1S/C20H26O5S/c1-17-9-11-20(12-10-17)26(22,23)25-16-19(14-21)8-5-13-24-15-18-6-3-2-4-7-18/h2-4,6-7,9-12,19,21H,5,8,13-16H2,1H3. The summed E-state index contributed by atoms with van der Waals surface area (Å²) in [6.07, 6.45) is 1.36. The van der Waals surface area contributed by atoms with Gasteiger partial charge < -0.3 is 9.84 Å². The van der Waals surface area contributed by atoms with E-state index in [9.17, 15) is 13.5 Å². The molecule has 2 rings (SSSR count). The Morgan fingerprint density at radius 3 is 2.38 bits per heavy atom. The molecule has 0 bridgehead atoms. The third-order valence-corrected chi connectivity index (χ3v) is 5.34. The Labute approximate surface area is 155 Å². The van der Waals surface area contributed by atoms with Gasteiger partial charge in [-0.25, -0.2) is 0 Å². The highest BCUT2D eigenvalue weighted by atomic mass is 32.2. The second kappa shape index (κ2) is 10.4. The van der Waals surface area contributed by atoms with E-state index in [0.717, 1.165) is 17.5 Å². The number of benzene rings is 2. The van der Waals surface area contributed by atoms with Gasteiger partial charge in [0.2, 0.25) is 0 Å². The number of aliphatic hydroxyl groups excluding tert-OH is 1. The van der Waals surface area contributed by atoms with Gasteiger partial charge in [0.05, 0.1) is 18.1 Å². The van der Waals surface area contributed by atoms with Crippen molar-refractivity contribution in [3.8, 4) is 0 Å². The molecule has 0 fully saturated rings. The van der Waals surface area contributed by atoms with E-state index in [1.165, 1.54) is 12.1 Å². The van der Waals surface area contributed by atoms with Gasteiger partial charge in [0.25, 0.3) is 10.1 Å². The van der Waals surface area contributed by atoms with Crippen molar-refractivity contribution >= 4 is 10.1 Å². The Hall–Kier alpha value is -1.73. The first-order valence-corrected chi connectivity index (χ1v) is 10.1. The minimum absolute atomic E-state index is 0.0363. The summed E-state index contributed by atoms with van der Waals surface area (Å²) in [5, 5.41) is 9.45. The minimum atomic E-state index is -3.80. The second-order valence-corrected chi connectivity index (χ2v) is 7.90. The molecule has 0 heterocycles. The van der Waals surface area contributed by atoms with Crippen LogP contribution in [0.5, 0.6) is 0 Å². The first-order chi connectivity index (χ1) is 12.5. The minimum Gasteiger partial charge on any atom is -0.396 e. The van der Waals surface area contributed by atoms with Gasteiger partial charge in [0.15, 0.2) is 0 Å². The monoisotopic (exact) mass is 378 g/mol. The molecule has 1 N–H and O–H groups in total. The maximum absolute atomic E-state index is 12.2. The zero-order chi connectivity index (χ0) is 18.8. The quantitative estimate of drug-likeness (QED) is 0.480. The summed E-state index contributed by atoms with van der Waals surface area (Å²) in [6, 6.07) is 16.4. The first-order valence-electron chi connectivity index (χ1n) is 8.70. The number of ether oxygens (including phenoxy) is 1. The highest BCUT2D eigenvalue weighted by Crippen LogP contribution is 2.16. The maximum Gasteiger partial charge on any atom is 0.296 e. The zero-order valence-electron chi connectivity index (χ0n) is 15.0. The fourth-order valence-corrected chi connectivity index (χ4v) is 3.40. The largest absolute Gasteiger partial charge is 0.396 e. The number of rotatable bonds is 11. The van der Waals surface area contributed by atoms with Crippen LogP contribution in [0.1, 0.15) is 24.0 Å². The lowest BCUT2D eigenvalue weighted by molar-refractivity contribution is 0.102. The summed E-state index contributed by atoms with van der Waals surface area (Å²) in [7, 11) is -3.80. The van der Waals surface area contributed by atoms with Gasteiger partial charge in [0, 0.05) is 19.1 Å². The fraction of sp³-hybridized carbons (Fsp3) is 0.400. The van der Waals surface area contributed by atoms with Crippen molar-refractivity contribution in [1.82, 2.24) is 0 Å². The lowest BCUT2D eigenvalue weighted by atomic mass is 10.1. The van der Waals surface area contributed by atoms with E-state index in [1.807, 2.05) is 37.3 Å². The van der Waals surface area contributed by atoms with Crippen LogP contribution in [-0.2, 0) is 25.6 Å². The lowest BCUT2D eigenvalue weighted by Gasteiger charge is -2.14. The SMILES string of the molecule is Cc1ccc(S(=O)(=O)OCC(CO)CCCOCc2ccccc2)cc1. The molecule has 1 atom stereocenters. The normalized spacial score (nSPS) is 12.8. The van der Waals surface area contributed by atoms with E-state index in [-0.39, 0.29) is 24.0 Å². The highest BCUT2D eigenvalue weighted by Gasteiger charge is 2.18. The van der Waals surface area contributed by atoms with Gasteiger partial charge in [-0.2, -0.15) is 8.42 Å². The van der Waals surface area contributed by atoms with E-state index in [4.69, 9.17) is 8.92 Å². The van der Waals surface area contributed by atoms with Crippen LogP contribution in [-0.4, -0.2) is 33.3 Å². The summed E-state index contributed by atoms with van der Waals surface area (Å²) in [4.78, 5) is 0.131. The molecule has 0 aliphatic carbocycles. The fourth-order valence-electron chi connectivity index (χ4n) is 2.42. The van der Waals surface area contributed by atoms with Crippen LogP contribution < -0.4 is 0 Å². The molecule has 0 aliphatic rings. The first kappa shape index (κ1) is 20.6. The molecule has 142 valence electrons. The van der Waals surface area contributed by atoms with Gasteiger partial charge in [0.1, 0.15) is 0 Å². The predicted molar refractivity (Wildman–Crippen MR) is 100 cm³/mol. The van der Waals surface area contributed by atoms with Crippen molar-refractivity contribution in [3.05, 3.63) is 65.7 Å². The van der Waals surface area contributed by atoms with E-state index in [1.54, 1.807) is 12.1 Å². The van der Waals surface area contributed by atoms with Crippen molar-refractivity contribution in [2.24, 2.45) is 5.92 Å². The molecule has 0 saturated carbocycles. The molecule has 0 aliphatic heterocycles. The van der Waals surface area contributed by atoms with Crippen LogP contribution in [0.3, 0.4) is 0 Å². The van der Waals surface area contributed by atoms with Gasteiger partial charge in [-0.1, -0.05) is 48.0 Å². The molecule has 0 aromatic heterocycles. The average molecular weight is 378 g/mol. The van der Waals surface area contributed by atoms with Gasteiger partial charge in [-0.15, -0.1) is 0 Å². The lowest BCUT2D eigenvalue weighted by Crippen LogP contribution is -2.18. The molecule has 0 radical (unpaired) electrons. The van der Waals surface area contributed by atoms with Crippen LogP contribution in [0, 0.1) is 12.8 Å². The molecule has 1 unspecified atom stereocenters. The van der Waals surface area contributed by atoms with Crippen molar-refractivity contribution < 1.29 is 22.4 Å². The van der Waals surface area contributed by atoms with E-state index in [0.29, 0.717) is 19.6 Å². The van der Waals surface area contributed by atoms with Crippen LogP contribution in [0.25, 0.3) is 0 Å². The summed E-state index contributed by atoms with van der Waals surface area (Å²) < 4.78 is 35.0. The topological polar surface area (TPSA) is 72.8 Å². The Kier molecular flexibility index (Phi) is 8.25. The second-order valence-electron chi connectivity index (χ2n) is 6.28. The molecule has 0 spiro atoms. The van der Waals surface area contributed by atoms with Crippen LogP contribution in [0.4, 0.5) is 0 Å². The third-order valence-electron chi connectivity index (χ3n) is 4.04. The molecule has 0 amide bonds. The van der Waals surface area contributed by atoms with Gasteiger partial charge in [-0.05, 0) is 37.5 Å². The number of hydrogen-bond acceptors (Lipinski definition) is 5. The van der Waals surface area contributed by atoms with Gasteiger partial charge >= 0.3 is 0 Å². The van der Waals surface area contributed by atoms with E-state index in [2.05, 4.69) is 0 Å². The van der Waals surface area contributed by atoms with Crippen molar-refractivity contribution in [1.29, 1.82) is 0 Å². The Bertz CT molecular complexity index is 742. The molecule has 2 aromatic rings. The van der Waals surface area contributed by atoms with Gasteiger partial charge in [-0.3, -0.25) is 4.18 Å². The van der Waals surface area contributed by atoms with Crippen molar-refractivity contribution in [2.45, 2.75) is 31.3 Å². The van der Waals surface area contributed by atoms with E-state index < -0.39 is 10.1 Å². The molecule has 6 heteroatoms. The van der Waals surface area contributed by atoms with Crippen LogP contribution in [0.15, 0.2) is 59.5 Å². The Balaban J connectivity index is 1.70. The third kappa shape index (κ3) is 6.88. The van der Waals surface area contributed by atoms with Crippen LogP contribution in [0.2, 0.25) is 0 Å². The molecule has 5 nitrogen and oxygen atoms in total. The average Bonchev–Trinajstić information content (AvgIpc) is 2.65. The highest BCUT2D eigenvalue weighted by molar-refractivity contribution is 7.86. The zero-order valence-corrected chi connectivity index (χ0v) is 15.8. The molecule has 26 heavy (non-hydrogen) atoms. The number of hydrogen-bond donors (Lipinski definition) is 1.